The smallest absolute Gasteiger partial charge is 0.339 e. The first-order valence-corrected chi connectivity index (χ1v) is 10.0. The van der Waals surface area contributed by atoms with Gasteiger partial charge >= 0.3 is 11.9 Å². The van der Waals surface area contributed by atoms with Gasteiger partial charge in [0.25, 0.3) is 0 Å². The van der Waals surface area contributed by atoms with E-state index in [9.17, 15) is 9.59 Å². The Morgan fingerprint density at radius 2 is 0.923 bits per heavy atom. The highest BCUT2D eigenvalue weighted by Gasteiger charge is 2.25. The van der Waals surface area contributed by atoms with E-state index in [-0.39, 0.29) is 0 Å². The quantitative estimate of drug-likeness (QED) is 0.675. The molecule has 1 aromatic rings. The highest BCUT2D eigenvalue weighted by molar-refractivity contribution is 6.05. The molecule has 144 valence electrons. The predicted octanol–water partition coefficient (Wildman–Crippen LogP) is 5.26. The minimum atomic E-state index is -0.441. The number of benzene rings is 1. The van der Waals surface area contributed by atoms with Crippen molar-refractivity contribution in [1.29, 1.82) is 0 Å². The van der Waals surface area contributed by atoms with Gasteiger partial charge < -0.3 is 9.47 Å². The number of esters is 2. The summed E-state index contributed by atoms with van der Waals surface area (Å²) < 4.78 is 10.0. The van der Waals surface area contributed by atoms with Crippen molar-refractivity contribution in [2.24, 2.45) is 0 Å². The summed E-state index contributed by atoms with van der Waals surface area (Å²) >= 11 is 0. The molecule has 4 heteroatoms. The standard InChI is InChI=1S/C22H32O4/c1-25-21(23)19-17-13-11-9-7-5-3-4-6-8-10-12-14-18(16-15-17)20(19)22(24)26-2/h15-16H,3-14H2,1-2H3. The van der Waals surface area contributed by atoms with Crippen LogP contribution in [-0.2, 0) is 22.3 Å². The van der Waals surface area contributed by atoms with Crippen LogP contribution >= 0.6 is 0 Å². The van der Waals surface area contributed by atoms with Gasteiger partial charge in [0.05, 0.1) is 25.3 Å². The Kier molecular flexibility index (Phi) is 8.66. The van der Waals surface area contributed by atoms with Gasteiger partial charge in [0, 0.05) is 0 Å². The fraction of sp³-hybridized carbons (Fsp3) is 0.636. The monoisotopic (exact) mass is 360 g/mol. The Labute approximate surface area is 157 Å². The lowest BCUT2D eigenvalue weighted by atomic mass is 9.90. The molecule has 4 nitrogen and oxygen atoms in total. The second-order valence-electron chi connectivity index (χ2n) is 7.15. The molecule has 1 aromatic carbocycles. The summed E-state index contributed by atoms with van der Waals surface area (Å²) in [5.74, 6) is -0.883. The van der Waals surface area contributed by atoms with Gasteiger partial charge in [-0.1, -0.05) is 63.5 Å². The summed E-state index contributed by atoms with van der Waals surface area (Å²) in [7, 11) is 2.73. The molecule has 0 fully saturated rings. The van der Waals surface area contributed by atoms with Crippen molar-refractivity contribution >= 4 is 11.9 Å². The summed E-state index contributed by atoms with van der Waals surface area (Å²) in [6.07, 6.45) is 13.6. The molecule has 0 radical (unpaired) electrons. The Hall–Kier alpha value is -1.84. The first-order chi connectivity index (χ1) is 12.7. The zero-order valence-corrected chi connectivity index (χ0v) is 16.3. The molecule has 26 heavy (non-hydrogen) atoms. The van der Waals surface area contributed by atoms with Crippen molar-refractivity contribution in [3.05, 3.63) is 34.4 Å². The second kappa shape index (κ2) is 11.0. The van der Waals surface area contributed by atoms with Crippen molar-refractivity contribution in [2.45, 2.75) is 77.0 Å². The fourth-order valence-electron chi connectivity index (χ4n) is 3.82. The van der Waals surface area contributed by atoms with E-state index in [0.29, 0.717) is 11.1 Å². The Morgan fingerprint density at radius 3 is 1.23 bits per heavy atom. The van der Waals surface area contributed by atoms with Crippen LogP contribution in [0.1, 0.15) is 96.1 Å². The van der Waals surface area contributed by atoms with Gasteiger partial charge in [-0.15, -0.1) is 0 Å². The molecule has 0 heterocycles. The maximum absolute atomic E-state index is 12.5. The summed E-state index contributed by atoms with van der Waals surface area (Å²) in [6, 6.07) is 4.00. The van der Waals surface area contributed by atoms with Crippen LogP contribution in [0.2, 0.25) is 0 Å². The number of hydrogen-bond donors (Lipinski definition) is 0. The van der Waals surface area contributed by atoms with E-state index >= 15 is 0 Å². The van der Waals surface area contributed by atoms with Gasteiger partial charge in [0.1, 0.15) is 0 Å². The Morgan fingerprint density at radius 1 is 0.615 bits per heavy atom. The zero-order chi connectivity index (χ0) is 18.8. The van der Waals surface area contributed by atoms with Gasteiger partial charge in [-0.25, -0.2) is 9.59 Å². The molecule has 2 aliphatic rings. The zero-order valence-electron chi connectivity index (χ0n) is 16.3. The maximum Gasteiger partial charge on any atom is 0.339 e. The van der Waals surface area contributed by atoms with Gasteiger partial charge in [-0.05, 0) is 36.8 Å². The van der Waals surface area contributed by atoms with Gasteiger partial charge in [0.2, 0.25) is 0 Å². The third-order valence-electron chi connectivity index (χ3n) is 5.30. The van der Waals surface area contributed by atoms with E-state index in [4.69, 9.17) is 9.47 Å². The van der Waals surface area contributed by atoms with Crippen LogP contribution in [0.4, 0.5) is 0 Å². The molecule has 2 aliphatic carbocycles. The molecule has 0 saturated heterocycles. The predicted molar refractivity (Wildman–Crippen MR) is 103 cm³/mol. The number of carbonyl (C=O) groups excluding carboxylic acids is 2. The number of carbonyl (C=O) groups is 2. The van der Waals surface area contributed by atoms with E-state index in [1.165, 1.54) is 52.7 Å². The van der Waals surface area contributed by atoms with Crippen molar-refractivity contribution in [3.63, 3.8) is 0 Å². The van der Waals surface area contributed by atoms with Crippen LogP contribution < -0.4 is 0 Å². The number of methoxy groups -OCH3 is 2. The normalized spacial score (nSPS) is 16.8. The molecule has 0 aromatic heterocycles. The van der Waals surface area contributed by atoms with Crippen LogP contribution in [0.25, 0.3) is 0 Å². The van der Waals surface area contributed by atoms with Gasteiger partial charge in [0.15, 0.2) is 0 Å². The van der Waals surface area contributed by atoms with Crippen LogP contribution in [-0.4, -0.2) is 26.2 Å². The van der Waals surface area contributed by atoms with Crippen LogP contribution in [0.3, 0.4) is 0 Å². The highest BCUT2D eigenvalue weighted by Crippen LogP contribution is 2.26. The number of hydrogen-bond acceptors (Lipinski definition) is 4. The fourth-order valence-corrected chi connectivity index (χ4v) is 3.82. The number of ether oxygens (including phenoxy) is 2. The molecule has 0 N–H and O–H groups in total. The average molecular weight is 360 g/mol. The largest absolute Gasteiger partial charge is 0.465 e. The topological polar surface area (TPSA) is 52.6 Å². The minimum absolute atomic E-state index is 0.406. The highest BCUT2D eigenvalue weighted by atomic mass is 16.5. The molecular weight excluding hydrogens is 328 g/mol. The summed E-state index contributed by atoms with van der Waals surface area (Å²) in [5, 5.41) is 0. The van der Waals surface area contributed by atoms with E-state index in [2.05, 4.69) is 0 Å². The van der Waals surface area contributed by atoms with E-state index in [1.807, 2.05) is 12.1 Å². The first kappa shape index (κ1) is 20.5. The third kappa shape index (κ3) is 5.58. The number of fused-ring (bicyclic) bond motifs is 13. The first-order valence-electron chi connectivity index (χ1n) is 10.0. The maximum atomic E-state index is 12.5. The van der Waals surface area contributed by atoms with Crippen molar-refractivity contribution in [1.82, 2.24) is 0 Å². The molecule has 0 saturated carbocycles. The lowest BCUT2D eigenvalue weighted by Gasteiger charge is -2.16. The third-order valence-corrected chi connectivity index (χ3v) is 5.30. The van der Waals surface area contributed by atoms with Crippen molar-refractivity contribution in [3.8, 4) is 0 Å². The minimum Gasteiger partial charge on any atom is -0.465 e. The average Bonchev–Trinajstić information content (AvgIpc) is 2.66. The summed E-state index contributed by atoms with van der Waals surface area (Å²) in [5.41, 5.74) is 2.61. The lowest BCUT2D eigenvalue weighted by molar-refractivity contribution is 0.0553. The summed E-state index contributed by atoms with van der Waals surface area (Å²) in [4.78, 5) is 24.9. The molecule has 0 spiro atoms. The Balaban J connectivity index is 2.38. The molecular formula is C22H32O4. The van der Waals surface area contributed by atoms with Crippen molar-refractivity contribution in [2.75, 3.05) is 14.2 Å². The van der Waals surface area contributed by atoms with E-state index in [0.717, 1.165) is 49.7 Å². The van der Waals surface area contributed by atoms with Crippen LogP contribution in [0.15, 0.2) is 12.1 Å². The molecule has 3 rings (SSSR count). The number of aryl methyl sites for hydroxylation is 2. The second-order valence-corrected chi connectivity index (χ2v) is 7.15. The molecule has 0 unspecified atom stereocenters. The van der Waals surface area contributed by atoms with Gasteiger partial charge in [-0.3, -0.25) is 0 Å². The SMILES string of the molecule is COC(=O)c1c2ccc(c1C(=O)OC)CCCCCCCCCCCC2. The van der Waals surface area contributed by atoms with Crippen molar-refractivity contribution < 1.29 is 19.1 Å². The van der Waals surface area contributed by atoms with Crippen LogP contribution in [0.5, 0.6) is 0 Å². The number of rotatable bonds is 2. The van der Waals surface area contributed by atoms with E-state index < -0.39 is 11.9 Å². The molecule has 0 aliphatic heterocycles. The van der Waals surface area contributed by atoms with Crippen LogP contribution in [0, 0.1) is 0 Å². The van der Waals surface area contributed by atoms with E-state index in [1.54, 1.807) is 0 Å². The molecule has 0 atom stereocenters. The van der Waals surface area contributed by atoms with Gasteiger partial charge in [-0.2, -0.15) is 0 Å². The Bertz CT molecular complexity index is 553. The lowest BCUT2D eigenvalue weighted by Crippen LogP contribution is -2.17. The molecule has 0 amide bonds. The molecule has 2 bridgehead atoms. The summed E-state index contributed by atoms with van der Waals surface area (Å²) in [6.45, 7) is 0.